The van der Waals surface area contributed by atoms with Crippen LogP contribution < -0.4 is 14.8 Å². The minimum Gasteiger partial charge on any atom is -0.497 e. The molecule has 0 radical (unpaired) electrons. The van der Waals surface area contributed by atoms with Crippen LogP contribution in [0.5, 0.6) is 11.5 Å². The quantitative estimate of drug-likeness (QED) is 0.563. The Morgan fingerprint density at radius 1 is 1.09 bits per heavy atom. The maximum atomic E-state index is 13.2. The Kier molecular flexibility index (Phi) is 6.68. The van der Waals surface area contributed by atoms with E-state index in [1.54, 1.807) is 43.4 Å². The number of carbonyl (C=O) groups is 1. The standard InChI is InChI=1S/C21H25N5O5S2/c1-14(16-8-7-15(30-2)13-18(16)31-3)22-21(27)25-9-11-26(12-10-25)33(28,29)19-6-4-5-17-20(19)24-32-23-17/h4-8,13-14H,9-12H2,1-3H3,(H,22,27). The summed E-state index contributed by atoms with van der Waals surface area (Å²) in [5.74, 6) is 1.28. The third-order valence-corrected chi connectivity index (χ3v) is 8.11. The Bertz CT molecular complexity index is 1250. The van der Waals surface area contributed by atoms with Gasteiger partial charge in [-0.3, -0.25) is 0 Å². The Labute approximate surface area is 196 Å². The fourth-order valence-corrected chi connectivity index (χ4v) is 5.97. The molecule has 33 heavy (non-hydrogen) atoms. The highest BCUT2D eigenvalue weighted by Crippen LogP contribution is 2.30. The number of carbonyl (C=O) groups excluding carboxylic acids is 1. The van der Waals surface area contributed by atoms with E-state index in [1.165, 1.54) is 4.31 Å². The van der Waals surface area contributed by atoms with Crippen LogP contribution in [0, 0.1) is 0 Å². The SMILES string of the molecule is COc1ccc(C(C)NC(=O)N2CCN(S(=O)(=O)c3cccc4nsnc34)CC2)c(OC)c1. The maximum absolute atomic E-state index is 13.2. The molecule has 1 N–H and O–H groups in total. The second-order valence-corrected chi connectivity index (χ2v) is 9.99. The van der Waals surface area contributed by atoms with Gasteiger partial charge < -0.3 is 19.7 Å². The van der Waals surface area contributed by atoms with Crippen molar-refractivity contribution in [3.05, 3.63) is 42.0 Å². The summed E-state index contributed by atoms with van der Waals surface area (Å²) in [6.45, 7) is 2.82. The summed E-state index contributed by atoms with van der Waals surface area (Å²) in [7, 11) is -0.597. The molecule has 1 aromatic heterocycles. The zero-order chi connectivity index (χ0) is 23.6. The number of hydrogen-bond acceptors (Lipinski definition) is 8. The van der Waals surface area contributed by atoms with E-state index in [9.17, 15) is 13.2 Å². The van der Waals surface area contributed by atoms with Crippen molar-refractivity contribution in [2.75, 3.05) is 40.4 Å². The molecule has 0 bridgehead atoms. The molecule has 3 aromatic rings. The average molecular weight is 492 g/mol. The van der Waals surface area contributed by atoms with Crippen LogP contribution in [0.2, 0.25) is 0 Å². The number of hydrogen-bond donors (Lipinski definition) is 1. The number of fused-ring (bicyclic) bond motifs is 1. The third-order valence-electron chi connectivity index (χ3n) is 5.64. The minimum atomic E-state index is -3.74. The Morgan fingerprint density at radius 3 is 2.55 bits per heavy atom. The first-order valence-corrected chi connectivity index (χ1v) is 12.5. The predicted molar refractivity (Wildman–Crippen MR) is 124 cm³/mol. The molecule has 2 aromatic carbocycles. The van der Waals surface area contributed by atoms with Gasteiger partial charge in [-0.2, -0.15) is 13.1 Å². The van der Waals surface area contributed by atoms with Gasteiger partial charge in [0.1, 0.15) is 27.4 Å². The van der Waals surface area contributed by atoms with E-state index in [2.05, 4.69) is 14.1 Å². The van der Waals surface area contributed by atoms with Gasteiger partial charge in [-0.15, -0.1) is 0 Å². The number of amides is 2. The monoisotopic (exact) mass is 491 g/mol. The van der Waals surface area contributed by atoms with Gasteiger partial charge in [0.05, 0.1) is 32.0 Å². The summed E-state index contributed by atoms with van der Waals surface area (Å²) in [5.41, 5.74) is 1.75. The van der Waals surface area contributed by atoms with Crippen molar-refractivity contribution in [2.45, 2.75) is 17.9 Å². The lowest BCUT2D eigenvalue weighted by atomic mass is 10.1. The van der Waals surface area contributed by atoms with Crippen molar-refractivity contribution in [3.63, 3.8) is 0 Å². The number of benzene rings is 2. The minimum absolute atomic E-state index is 0.145. The van der Waals surface area contributed by atoms with Gasteiger partial charge >= 0.3 is 6.03 Å². The van der Waals surface area contributed by atoms with E-state index in [-0.39, 0.29) is 43.1 Å². The topological polar surface area (TPSA) is 114 Å². The van der Waals surface area contributed by atoms with Gasteiger partial charge in [-0.1, -0.05) is 6.07 Å². The number of ether oxygens (including phenoxy) is 2. The van der Waals surface area contributed by atoms with Gasteiger partial charge in [0.15, 0.2) is 0 Å². The Morgan fingerprint density at radius 2 is 1.85 bits per heavy atom. The molecule has 1 fully saturated rings. The van der Waals surface area contributed by atoms with Crippen molar-refractivity contribution in [3.8, 4) is 11.5 Å². The highest BCUT2D eigenvalue weighted by molar-refractivity contribution is 7.89. The molecule has 1 aliphatic rings. The molecule has 1 atom stereocenters. The van der Waals surface area contributed by atoms with Crippen LogP contribution in [-0.2, 0) is 10.0 Å². The second-order valence-electron chi connectivity index (χ2n) is 7.56. The molecule has 10 nitrogen and oxygen atoms in total. The summed E-state index contributed by atoms with van der Waals surface area (Å²) in [6, 6.07) is 9.79. The number of aromatic nitrogens is 2. The first-order valence-electron chi connectivity index (χ1n) is 10.3. The van der Waals surface area contributed by atoms with Gasteiger partial charge in [-0.25, -0.2) is 13.2 Å². The molecule has 176 valence electrons. The van der Waals surface area contributed by atoms with Crippen LogP contribution in [0.15, 0.2) is 41.3 Å². The van der Waals surface area contributed by atoms with Crippen LogP contribution in [0.4, 0.5) is 4.79 Å². The molecule has 1 unspecified atom stereocenters. The Hall–Kier alpha value is -2.96. The van der Waals surface area contributed by atoms with E-state index >= 15 is 0 Å². The molecule has 0 aliphatic carbocycles. The number of methoxy groups -OCH3 is 2. The molecule has 0 saturated carbocycles. The van der Waals surface area contributed by atoms with Crippen LogP contribution in [0.3, 0.4) is 0 Å². The summed E-state index contributed by atoms with van der Waals surface area (Å²) in [6.07, 6.45) is 0. The lowest BCUT2D eigenvalue weighted by Gasteiger charge is -2.34. The van der Waals surface area contributed by atoms with Crippen LogP contribution in [0.25, 0.3) is 11.0 Å². The van der Waals surface area contributed by atoms with E-state index in [1.807, 2.05) is 19.1 Å². The first kappa shape index (κ1) is 23.2. The lowest BCUT2D eigenvalue weighted by molar-refractivity contribution is 0.169. The van der Waals surface area contributed by atoms with Crippen LogP contribution in [-0.4, -0.2) is 72.8 Å². The average Bonchev–Trinajstić information content (AvgIpc) is 3.32. The van der Waals surface area contributed by atoms with Crippen molar-refractivity contribution in [1.29, 1.82) is 0 Å². The van der Waals surface area contributed by atoms with E-state index in [4.69, 9.17) is 9.47 Å². The van der Waals surface area contributed by atoms with Gasteiger partial charge in [0.25, 0.3) is 0 Å². The summed E-state index contributed by atoms with van der Waals surface area (Å²) in [4.78, 5) is 14.6. The Balaban J connectivity index is 1.41. The van der Waals surface area contributed by atoms with E-state index < -0.39 is 10.0 Å². The zero-order valence-electron chi connectivity index (χ0n) is 18.5. The van der Waals surface area contributed by atoms with E-state index in [0.717, 1.165) is 17.3 Å². The summed E-state index contributed by atoms with van der Waals surface area (Å²) < 4.78 is 46.7. The van der Waals surface area contributed by atoms with E-state index in [0.29, 0.717) is 22.5 Å². The second kappa shape index (κ2) is 9.49. The van der Waals surface area contributed by atoms with Crippen molar-refractivity contribution in [2.24, 2.45) is 0 Å². The third kappa shape index (κ3) is 4.59. The number of sulfonamides is 1. The molecule has 2 amide bonds. The van der Waals surface area contributed by atoms with Gasteiger partial charge in [-0.05, 0) is 31.2 Å². The van der Waals surface area contributed by atoms with Crippen LogP contribution in [0.1, 0.15) is 18.5 Å². The number of nitrogens with zero attached hydrogens (tertiary/aromatic N) is 4. The first-order chi connectivity index (χ1) is 15.8. The molecule has 0 spiro atoms. The molecule has 4 rings (SSSR count). The predicted octanol–water partition coefficient (Wildman–Crippen LogP) is 2.49. The molecular weight excluding hydrogens is 466 g/mol. The van der Waals surface area contributed by atoms with Crippen molar-refractivity contribution >= 4 is 38.8 Å². The van der Waals surface area contributed by atoms with Gasteiger partial charge in [0.2, 0.25) is 10.0 Å². The summed E-state index contributed by atoms with van der Waals surface area (Å²) >= 11 is 0.982. The number of nitrogens with one attached hydrogen (secondary N) is 1. The van der Waals surface area contributed by atoms with Crippen molar-refractivity contribution in [1.82, 2.24) is 23.3 Å². The number of piperazine rings is 1. The highest BCUT2D eigenvalue weighted by atomic mass is 32.2. The molecule has 1 saturated heterocycles. The van der Waals surface area contributed by atoms with Crippen LogP contribution >= 0.6 is 11.7 Å². The largest absolute Gasteiger partial charge is 0.497 e. The molecular formula is C21H25N5O5S2. The van der Waals surface area contributed by atoms with Crippen molar-refractivity contribution < 1.29 is 22.7 Å². The molecule has 2 heterocycles. The number of urea groups is 1. The molecule has 1 aliphatic heterocycles. The maximum Gasteiger partial charge on any atom is 0.317 e. The number of rotatable bonds is 6. The smallest absolute Gasteiger partial charge is 0.317 e. The molecule has 12 heteroatoms. The zero-order valence-corrected chi connectivity index (χ0v) is 20.1. The fourth-order valence-electron chi connectivity index (χ4n) is 3.79. The lowest BCUT2D eigenvalue weighted by Crippen LogP contribution is -2.53. The highest BCUT2D eigenvalue weighted by Gasteiger charge is 2.32. The normalized spacial score (nSPS) is 15.9. The summed E-state index contributed by atoms with van der Waals surface area (Å²) in [5, 5.41) is 2.97. The fraction of sp³-hybridized carbons (Fsp3) is 0.381. The van der Waals surface area contributed by atoms with Gasteiger partial charge in [0, 0.05) is 37.8 Å².